The van der Waals surface area contributed by atoms with Crippen LogP contribution in [0.25, 0.3) is 0 Å². The number of nitrogens with zero attached hydrogens (tertiary/aromatic N) is 1. The Bertz CT molecular complexity index is 573. The highest BCUT2D eigenvalue weighted by atomic mass is 32.2. The minimum atomic E-state index is -3.05. The number of hydrogen-bond acceptors (Lipinski definition) is 4. The van der Waals surface area contributed by atoms with Crippen LogP contribution in [-0.4, -0.2) is 37.8 Å². The first kappa shape index (κ1) is 15.7. The molecule has 1 aliphatic rings. The van der Waals surface area contributed by atoms with Gasteiger partial charge in [-0.25, -0.2) is 12.7 Å². The van der Waals surface area contributed by atoms with Crippen LogP contribution >= 0.6 is 11.8 Å². The van der Waals surface area contributed by atoms with E-state index in [1.54, 1.807) is 16.1 Å². The molecule has 112 valence electrons. The van der Waals surface area contributed by atoms with Gasteiger partial charge < -0.3 is 5.73 Å². The van der Waals surface area contributed by atoms with Gasteiger partial charge in [0, 0.05) is 29.4 Å². The Labute approximate surface area is 125 Å². The molecule has 1 fully saturated rings. The summed E-state index contributed by atoms with van der Waals surface area (Å²) in [6.45, 7) is 3.33. The maximum atomic E-state index is 11.6. The lowest BCUT2D eigenvalue weighted by Gasteiger charge is -2.30. The molecule has 1 aliphatic heterocycles. The quantitative estimate of drug-likeness (QED) is 0.684. The molecule has 2 N–H and O–H groups in total. The Hall–Kier alpha value is -0.720. The number of aryl methyl sites for hydroxylation is 1. The second-order valence-electron chi connectivity index (χ2n) is 5.46. The van der Waals surface area contributed by atoms with Gasteiger partial charge in [-0.1, -0.05) is 0 Å². The van der Waals surface area contributed by atoms with Crippen molar-refractivity contribution in [3.63, 3.8) is 0 Å². The molecule has 0 aliphatic carbocycles. The van der Waals surface area contributed by atoms with Crippen molar-refractivity contribution in [2.45, 2.75) is 24.7 Å². The van der Waals surface area contributed by atoms with Crippen molar-refractivity contribution in [3.05, 3.63) is 23.8 Å². The van der Waals surface area contributed by atoms with Gasteiger partial charge in [0.15, 0.2) is 0 Å². The lowest BCUT2D eigenvalue weighted by Crippen LogP contribution is -2.39. The number of benzene rings is 1. The molecule has 0 spiro atoms. The Morgan fingerprint density at radius 2 is 2.20 bits per heavy atom. The minimum absolute atomic E-state index is 0.432. The van der Waals surface area contributed by atoms with Crippen LogP contribution in [0.1, 0.15) is 18.4 Å². The normalized spacial score (nSPS) is 21.0. The topological polar surface area (TPSA) is 63.4 Å². The number of thioether (sulfide) groups is 1. The Kier molecular flexibility index (Phi) is 4.99. The standard InChI is InChI=1S/C14H22N2O2S2/c1-11-8-13(5-6-14(11)15)19-10-12-4-3-7-16(9-12)20(2,17)18/h5-6,8,12H,3-4,7,9-10,15H2,1-2H3. The number of hydrogen-bond donors (Lipinski definition) is 1. The molecular weight excluding hydrogens is 292 g/mol. The predicted molar refractivity (Wildman–Crippen MR) is 85.5 cm³/mol. The Balaban J connectivity index is 1.92. The van der Waals surface area contributed by atoms with Crippen molar-refractivity contribution in [1.29, 1.82) is 0 Å². The summed E-state index contributed by atoms with van der Waals surface area (Å²) in [5.41, 5.74) is 7.72. The van der Waals surface area contributed by atoms with Gasteiger partial charge in [-0.2, -0.15) is 0 Å². The van der Waals surface area contributed by atoms with Crippen LogP contribution in [0.15, 0.2) is 23.1 Å². The van der Waals surface area contributed by atoms with E-state index in [1.807, 2.05) is 19.1 Å². The van der Waals surface area contributed by atoms with Crippen LogP contribution in [-0.2, 0) is 10.0 Å². The average molecular weight is 314 g/mol. The van der Waals surface area contributed by atoms with E-state index in [9.17, 15) is 8.42 Å². The summed E-state index contributed by atoms with van der Waals surface area (Å²) >= 11 is 1.79. The van der Waals surface area contributed by atoms with E-state index >= 15 is 0 Å². The number of rotatable bonds is 4. The Morgan fingerprint density at radius 1 is 1.45 bits per heavy atom. The molecule has 0 radical (unpaired) electrons. The van der Waals surface area contributed by atoms with Crippen LogP contribution in [0.5, 0.6) is 0 Å². The van der Waals surface area contributed by atoms with Gasteiger partial charge >= 0.3 is 0 Å². The van der Waals surface area contributed by atoms with E-state index in [-0.39, 0.29) is 0 Å². The largest absolute Gasteiger partial charge is 0.399 e. The summed E-state index contributed by atoms with van der Waals surface area (Å²) in [4.78, 5) is 1.20. The SMILES string of the molecule is Cc1cc(SCC2CCCN(S(C)(=O)=O)C2)ccc1N. The molecule has 0 saturated carbocycles. The predicted octanol–water partition coefficient (Wildman–Crippen LogP) is 2.34. The molecule has 1 atom stereocenters. The molecule has 1 heterocycles. The van der Waals surface area contributed by atoms with Gasteiger partial charge in [0.1, 0.15) is 0 Å². The summed E-state index contributed by atoms with van der Waals surface area (Å²) in [5, 5.41) is 0. The molecule has 1 aromatic carbocycles. The molecule has 1 saturated heterocycles. The van der Waals surface area contributed by atoms with Crippen molar-refractivity contribution in [2.75, 3.05) is 30.8 Å². The van der Waals surface area contributed by atoms with Crippen LogP contribution in [0.2, 0.25) is 0 Å². The summed E-state index contributed by atoms with van der Waals surface area (Å²) in [6.07, 6.45) is 3.36. The van der Waals surface area contributed by atoms with E-state index in [0.717, 1.165) is 29.8 Å². The maximum Gasteiger partial charge on any atom is 0.211 e. The van der Waals surface area contributed by atoms with Crippen LogP contribution in [0.4, 0.5) is 5.69 Å². The van der Waals surface area contributed by atoms with Crippen molar-refractivity contribution in [3.8, 4) is 0 Å². The summed E-state index contributed by atoms with van der Waals surface area (Å²) in [5.74, 6) is 1.39. The van der Waals surface area contributed by atoms with Gasteiger partial charge in [-0.3, -0.25) is 0 Å². The first-order valence-electron chi connectivity index (χ1n) is 6.80. The highest BCUT2D eigenvalue weighted by molar-refractivity contribution is 7.99. The zero-order valence-electron chi connectivity index (χ0n) is 12.0. The van der Waals surface area contributed by atoms with Gasteiger partial charge in [-0.15, -0.1) is 11.8 Å². The van der Waals surface area contributed by atoms with E-state index in [4.69, 9.17) is 5.73 Å². The molecule has 0 aromatic heterocycles. The summed E-state index contributed by atoms with van der Waals surface area (Å²) in [6, 6.07) is 6.06. The molecule has 20 heavy (non-hydrogen) atoms. The molecule has 6 heteroatoms. The molecular formula is C14H22N2O2S2. The lowest BCUT2D eigenvalue weighted by atomic mass is 10.0. The first-order valence-corrected chi connectivity index (χ1v) is 9.63. The van der Waals surface area contributed by atoms with E-state index in [0.29, 0.717) is 19.0 Å². The number of piperidine rings is 1. The second kappa shape index (κ2) is 6.37. The highest BCUT2D eigenvalue weighted by Gasteiger charge is 2.25. The molecule has 4 nitrogen and oxygen atoms in total. The summed E-state index contributed by atoms with van der Waals surface area (Å²) < 4.78 is 24.8. The van der Waals surface area contributed by atoms with Gasteiger partial charge in [0.05, 0.1) is 6.26 Å². The minimum Gasteiger partial charge on any atom is -0.399 e. The highest BCUT2D eigenvalue weighted by Crippen LogP contribution is 2.28. The number of nitrogens with two attached hydrogens (primary N) is 1. The fourth-order valence-electron chi connectivity index (χ4n) is 2.42. The van der Waals surface area contributed by atoms with Gasteiger partial charge in [0.2, 0.25) is 10.0 Å². The first-order chi connectivity index (χ1) is 9.36. The molecule has 0 amide bonds. The van der Waals surface area contributed by atoms with Gasteiger partial charge in [-0.05, 0) is 49.4 Å². The molecule has 0 bridgehead atoms. The lowest BCUT2D eigenvalue weighted by molar-refractivity contribution is 0.286. The number of sulfonamides is 1. The smallest absolute Gasteiger partial charge is 0.211 e. The molecule has 1 aromatic rings. The van der Waals surface area contributed by atoms with Crippen molar-refractivity contribution >= 4 is 27.5 Å². The maximum absolute atomic E-state index is 11.6. The molecule has 1 unspecified atom stereocenters. The third-order valence-electron chi connectivity index (χ3n) is 3.68. The van der Waals surface area contributed by atoms with E-state index in [2.05, 4.69) is 6.07 Å². The molecule has 2 rings (SSSR count). The van der Waals surface area contributed by atoms with Crippen molar-refractivity contribution < 1.29 is 8.42 Å². The number of anilines is 1. The van der Waals surface area contributed by atoms with E-state index in [1.165, 1.54) is 11.2 Å². The number of nitrogen functional groups attached to an aromatic ring is 1. The van der Waals surface area contributed by atoms with Gasteiger partial charge in [0.25, 0.3) is 0 Å². The zero-order valence-corrected chi connectivity index (χ0v) is 13.6. The van der Waals surface area contributed by atoms with Crippen LogP contribution < -0.4 is 5.73 Å². The van der Waals surface area contributed by atoms with Crippen LogP contribution in [0, 0.1) is 12.8 Å². The monoisotopic (exact) mass is 314 g/mol. The fraction of sp³-hybridized carbons (Fsp3) is 0.571. The zero-order chi connectivity index (χ0) is 14.8. The van der Waals surface area contributed by atoms with Crippen molar-refractivity contribution in [2.24, 2.45) is 5.92 Å². The fourth-order valence-corrected chi connectivity index (χ4v) is 4.48. The van der Waals surface area contributed by atoms with E-state index < -0.39 is 10.0 Å². The average Bonchev–Trinajstić information content (AvgIpc) is 2.39. The Morgan fingerprint density at radius 3 is 2.85 bits per heavy atom. The van der Waals surface area contributed by atoms with Crippen molar-refractivity contribution in [1.82, 2.24) is 4.31 Å². The summed E-state index contributed by atoms with van der Waals surface area (Å²) in [7, 11) is -3.05. The third kappa shape index (κ3) is 4.14. The second-order valence-corrected chi connectivity index (χ2v) is 8.53. The third-order valence-corrected chi connectivity index (χ3v) is 6.17. The van der Waals surface area contributed by atoms with Crippen LogP contribution in [0.3, 0.4) is 0 Å².